The van der Waals surface area contributed by atoms with Gasteiger partial charge in [-0.3, -0.25) is 24.0 Å². The topological polar surface area (TPSA) is 219 Å². The van der Waals surface area contributed by atoms with Crippen LogP contribution in [0.3, 0.4) is 0 Å². The van der Waals surface area contributed by atoms with Crippen LogP contribution in [-0.2, 0) is 35.1 Å². The van der Waals surface area contributed by atoms with Gasteiger partial charge in [-0.15, -0.1) is 5.10 Å². The van der Waals surface area contributed by atoms with Gasteiger partial charge in [0.25, 0.3) is 17.4 Å². The van der Waals surface area contributed by atoms with Crippen LogP contribution in [0.1, 0.15) is 99.3 Å². The van der Waals surface area contributed by atoms with Crippen molar-refractivity contribution in [3.05, 3.63) is 47.3 Å². The molecule has 21 heteroatoms. The maximum absolute atomic E-state index is 14.7. The summed E-state index contributed by atoms with van der Waals surface area (Å²) in [4.78, 5) is 69.0. The van der Waals surface area contributed by atoms with E-state index in [1.807, 2.05) is 0 Å². The number of Topliss-reactive ketones (excluding diaryl/α,β-unsaturated/α-hetero) is 1. The number of ketones is 1. The van der Waals surface area contributed by atoms with Crippen molar-refractivity contribution in [1.29, 1.82) is 0 Å². The summed E-state index contributed by atoms with van der Waals surface area (Å²) < 4.78 is 87.7. The molecule has 1 aliphatic carbocycles. The number of aliphatic hydroxyl groups is 2. The average molecular weight is 818 g/mol. The van der Waals surface area contributed by atoms with E-state index in [0.717, 1.165) is 19.3 Å². The van der Waals surface area contributed by atoms with Crippen molar-refractivity contribution < 1.29 is 65.3 Å². The number of hydrogen-bond acceptors (Lipinski definition) is 10. The van der Waals surface area contributed by atoms with Crippen molar-refractivity contribution in [2.75, 3.05) is 19.8 Å². The van der Waals surface area contributed by atoms with E-state index in [1.165, 1.54) is 29.6 Å². The molecule has 2 saturated heterocycles. The van der Waals surface area contributed by atoms with Crippen LogP contribution in [0.4, 0.5) is 26.3 Å². The number of ether oxygens (including phenoxy) is 1. The van der Waals surface area contributed by atoms with Gasteiger partial charge in [-0.25, -0.2) is 4.68 Å². The van der Waals surface area contributed by atoms with E-state index in [4.69, 9.17) is 10.5 Å². The van der Waals surface area contributed by atoms with E-state index in [0.29, 0.717) is 37.1 Å². The summed E-state index contributed by atoms with van der Waals surface area (Å²) in [5.74, 6) is -5.10. The van der Waals surface area contributed by atoms with Gasteiger partial charge in [0.05, 0.1) is 17.9 Å². The molecule has 6 N–H and O–H groups in total. The molecule has 3 fully saturated rings. The van der Waals surface area contributed by atoms with Gasteiger partial charge < -0.3 is 36.2 Å². The third kappa shape index (κ3) is 8.94. The Morgan fingerprint density at radius 3 is 2.11 bits per heavy atom. The van der Waals surface area contributed by atoms with Gasteiger partial charge in [0.2, 0.25) is 17.6 Å². The number of benzene rings is 1. The van der Waals surface area contributed by atoms with E-state index in [-0.39, 0.29) is 57.1 Å². The fourth-order valence-corrected chi connectivity index (χ4v) is 7.89. The van der Waals surface area contributed by atoms with E-state index in [9.17, 15) is 60.5 Å². The quantitative estimate of drug-likeness (QED) is 0.156. The van der Waals surface area contributed by atoms with Gasteiger partial charge in [-0.1, -0.05) is 49.5 Å². The number of nitrogens with zero attached hydrogens (tertiary/aromatic N) is 4. The van der Waals surface area contributed by atoms with Gasteiger partial charge in [0, 0.05) is 50.1 Å². The molecule has 2 aliphatic heterocycles. The van der Waals surface area contributed by atoms with Crippen LogP contribution in [-0.4, -0.2) is 109 Å². The molecule has 15 nitrogen and oxygen atoms in total. The molecule has 3 heterocycles. The SMILES string of the molecule is CC(C)(O)c1cnnn1[C@H]1C[C@@H](C(=O)NC2(C(=O)C(N)=O)CCOCC2)N(C(=O)C(CC2CCCCC2)NC(=O)c2ccc(C(O)(C(F)(F)F)C(F)(F)F)cc2)C1. The maximum Gasteiger partial charge on any atom is 0.430 e. The molecule has 0 spiro atoms. The standard InChI is InChI=1S/C36H45F6N7O8/c1-32(2,55)26-18-44-47-49(26)23-17-25(30(53)46-33(27(50)28(43)51)12-14-57-15-13-33)48(19-23)31(54)24(16-20-6-4-3-5-7-20)45-29(52)21-8-10-22(11-9-21)34(56,35(37,38)39)36(40,41)42/h8-11,18,20,23-25,55-56H,3-7,12-17,19H2,1-2H3,(H2,43,51)(H,45,52)(H,46,53)/t23-,24?,25-/m0/s1. The zero-order valence-corrected chi connectivity index (χ0v) is 31.2. The van der Waals surface area contributed by atoms with Gasteiger partial charge >= 0.3 is 12.4 Å². The first kappa shape index (κ1) is 43.5. The second kappa shape index (κ2) is 16.3. The fourth-order valence-electron chi connectivity index (χ4n) is 7.89. The Hall–Kier alpha value is -4.63. The number of halogens is 6. The largest absolute Gasteiger partial charge is 0.430 e. The lowest BCUT2D eigenvalue weighted by atomic mass is 9.84. The summed E-state index contributed by atoms with van der Waals surface area (Å²) in [5, 5.41) is 33.8. The summed E-state index contributed by atoms with van der Waals surface area (Å²) in [6.07, 6.45) is -7.32. The molecule has 57 heavy (non-hydrogen) atoms. The predicted octanol–water partition coefficient (Wildman–Crippen LogP) is 2.45. The molecule has 1 saturated carbocycles. The normalized spacial score (nSPS) is 21.5. The van der Waals surface area contributed by atoms with Crippen molar-refractivity contribution >= 4 is 29.4 Å². The van der Waals surface area contributed by atoms with E-state index in [2.05, 4.69) is 20.9 Å². The molecule has 5 rings (SSSR count). The van der Waals surface area contributed by atoms with Crippen LogP contribution in [0, 0.1) is 5.92 Å². The Balaban J connectivity index is 1.49. The van der Waals surface area contributed by atoms with Gasteiger partial charge in [-0.05, 0) is 38.3 Å². The van der Waals surface area contributed by atoms with Crippen molar-refractivity contribution in [2.45, 2.75) is 119 Å². The van der Waals surface area contributed by atoms with Crippen LogP contribution in [0.25, 0.3) is 0 Å². The second-order valence-electron chi connectivity index (χ2n) is 15.4. The average Bonchev–Trinajstić information content (AvgIpc) is 3.82. The summed E-state index contributed by atoms with van der Waals surface area (Å²) >= 11 is 0. The minimum absolute atomic E-state index is 0.00527. The first-order valence-electron chi connectivity index (χ1n) is 18.4. The molecule has 4 amide bonds. The van der Waals surface area contributed by atoms with E-state index in [1.54, 1.807) is 0 Å². The summed E-state index contributed by atoms with van der Waals surface area (Å²) in [6.45, 7) is 2.74. The molecular formula is C36H45F6N7O8. The number of hydrogen-bond donors (Lipinski definition) is 5. The lowest BCUT2D eigenvalue weighted by Crippen LogP contribution is -2.64. The molecule has 1 unspecified atom stereocenters. The highest BCUT2D eigenvalue weighted by molar-refractivity contribution is 6.39. The van der Waals surface area contributed by atoms with Crippen LogP contribution < -0.4 is 16.4 Å². The summed E-state index contributed by atoms with van der Waals surface area (Å²) in [6, 6.07) is -1.56. The molecule has 2 aromatic rings. The van der Waals surface area contributed by atoms with Crippen molar-refractivity contribution in [3.63, 3.8) is 0 Å². The van der Waals surface area contributed by atoms with Gasteiger partial charge in [0.15, 0.2) is 0 Å². The van der Waals surface area contributed by atoms with Crippen molar-refractivity contribution in [2.24, 2.45) is 11.7 Å². The van der Waals surface area contributed by atoms with Crippen LogP contribution in [0.5, 0.6) is 0 Å². The zero-order chi connectivity index (χ0) is 42.1. The van der Waals surface area contributed by atoms with E-state index < -0.39 is 87.8 Å². The minimum Gasteiger partial charge on any atom is -0.384 e. The number of alkyl halides is 6. The highest BCUT2D eigenvalue weighted by atomic mass is 19.4. The smallest absolute Gasteiger partial charge is 0.384 e. The number of primary amides is 1. The molecule has 1 aromatic carbocycles. The number of amides is 4. The molecular weight excluding hydrogens is 772 g/mol. The number of nitrogens with two attached hydrogens (primary N) is 1. The Bertz CT molecular complexity index is 1800. The number of carbonyl (C=O) groups is 5. The van der Waals surface area contributed by atoms with Crippen LogP contribution in [0.2, 0.25) is 0 Å². The Morgan fingerprint density at radius 2 is 1.56 bits per heavy atom. The predicted molar refractivity (Wildman–Crippen MR) is 184 cm³/mol. The zero-order valence-electron chi connectivity index (χ0n) is 31.2. The first-order valence-corrected chi connectivity index (χ1v) is 18.4. The molecule has 1 aromatic heterocycles. The van der Waals surface area contributed by atoms with Crippen molar-refractivity contribution in [1.82, 2.24) is 30.5 Å². The van der Waals surface area contributed by atoms with E-state index >= 15 is 0 Å². The van der Waals surface area contributed by atoms with Crippen molar-refractivity contribution in [3.8, 4) is 0 Å². The summed E-state index contributed by atoms with van der Waals surface area (Å²) in [7, 11) is 0. The Kier molecular flexibility index (Phi) is 12.5. The molecule has 0 radical (unpaired) electrons. The number of rotatable bonds is 12. The minimum atomic E-state index is -6.15. The van der Waals surface area contributed by atoms with Gasteiger partial charge in [0.1, 0.15) is 23.2 Å². The number of nitrogens with one attached hydrogen (secondary N) is 2. The first-order chi connectivity index (χ1) is 26.5. The van der Waals surface area contributed by atoms with Crippen LogP contribution >= 0.6 is 0 Å². The highest BCUT2D eigenvalue weighted by Crippen LogP contribution is 2.50. The number of carbonyl (C=O) groups excluding carboxylic acids is 5. The lowest BCUT2D eigenvalue weighted by Gasteiger charge is -2.37. The Labute approximate surface area is 322 Å². The number of aromatic nitrogens is 3. The molecule has 314 valence electrons. The van der Waals surface area contributed by atoms with Gasteiger partial charge in [-0.2, -0.15) is 26.3 Å². The summed E-state index contributed by atoms with van der Waals surface area (Å²) in [5.41, 5.74) is -4.86. The Morgan fingerprint density at radius 1 is 0.965 bits per heavy atom. The number of likely N-dealkylation sites (tertiary alicyclic amines) is 1. The third-order valence-electron chi connectivity index (χ3n) is 11.1. The maximum atomic E-state index is 14.7. The molecule has 3 atom stereocenters. The molecule has 3 aliphatic rings. The van der Waals surface area contributed by atoms with Crippen LogP contribution in [0.15, 0.2) is 30.5 Å². The monoisotopic (exact) mass is 817 g/mol. The fraction of sp³-hybridized carbons (Fsp3) is 0.639. The lowest BCUT2D eigenvalue weighted by molar-refractivity contribution is -0.376. The molecule has 0 bridgehead atoms. The highest BCUT2D eigenvalue weighted by Gasteiger charge is 2.71. The third-order valence-corrected chi connectivity index (χ3v) is 11.1. The second-order valence-corrected chi connectivity index (χ2v) is 15.4.